The van der Waals surface area contributed by atoms with Crippen LogP contribution in [0.4, 0.5) is 0 Å². The van der Waals surface area contributed by atoms with Crippen molar-refractivity contribution in [1.29, 1.82) is 0 Å². The average Bonchev–Trinajstić information content (AvgIpc) is 2.79. The van der Waals surface area contributed by atoms with Crippen LogP contribution in [-0.4, -0.2) is 61.4 Å². The number of amides is 1. The molecule has 17 heavy (non-hydrogen) atoms. The van der Waals surface area contributed by atoms with Gasteiger partial charge < -0.3 is 20.1 Å². The molecule has 0 spiro atoms. The smallest absolute Gasteiger partial charge is 0.224 e. The number of rotatable bonds is 4. The molecule has 2 saturated heterocycles. The Labute approximate surface area is 102 Å². The van der Waals surface area contributed by atoms with Crippen molar-refractivity contribution in [1.82, 2.24) is 10.2 Å². The van der Waals surface area contributed by atoms with E-state index in [1.807, 2.05) is 4.90 Å². The molecule has 2 rings (SSSR count). The lowest BCUT2D eigenvalue weighted by molar-refractivity contribution is -0.131. The third-order valence-electron chi connectivity index (χ3n) is 3.60. The number of likely N-dealkylation sites (tertiary alicyclic amines) is 1. The Morgan fingerprint density at radius 3 is 3.12 bits per heavy atom. The van der Waals surface area contributed by atoms with E-state index in [9.17, 15) is 4.79 Å². The Balaban J connectivity index is 1.72. The van der Waals surface area contributed by atoms with Crippen molar-refractivity contribution in [3.63, 3.8) is 0 Å². The molecule has 2 N–H and O–H groups in total. The van der Waals surface area contributed by atoms with Gasteiger partial charge in [-0.2, -0.15) is 0 Å². The molecule has 0 bridgehead atoms. The van der Waals surface area contributed by atoms with E-state index >= 15 is 0 Å². The lowest BCUT2D eigenvalue weighted by Crippen LogP contribution is -2.44. The molecule has 1 amide bonds. The number of aliphatic hydroxyl groups excluding tert-OH is 1. The maximum Gasteiger partial charge on any atom is 0.224 e. The number of nitrogens with one attached hydrogen (secondary N) is 1. The Bertz CT molecular complexity index is 254. The quantitative estimate of drug-likeness (QED) is 0.704. The van der Waals surface area contributed by atoms with E-state index in [-0.39, 0.29) is 18.6 Å². The van der Waals surface area contributed by atoms with E-state index in [1.165, 1.54) is 0 Å². The van der Waals surface area contributed by atoms with E-state index in [2.05, 4.69) is 5.32 Å². The number of aliphatic hydroxyl groups is 1. The molecule has 0 aromatic rings. The number of carbonyl (C=O) groups excluding carboxylic acids is 1. The number of hydrogen-bond donors (Lipinski definition) is 2. The van der Waals surface area contributed by atoms with Crippen molar-refractivity contribution < 1.29 is 14.6 Å². The van der Waals surface area contributed by atoms with Gasteiger partial charge in [0.1, 0.15) is 0 Å². The molecular weight excluding hydrogens is 220 g/mol. The van der Waals surface area contributed by atoms with Crippen molar-refractivity contribution in [2.75, 3.05) is 39.5 Å². The fraction of sp³-hybridized carbons (Fsp3) is 0.917. The first-order chi connectivity index (χ1) is 8.29. The molecule has 0 saturated carbocycles. The minimum absolute atomic E-state index is 0.174. The lowest BCUT2D eigenvalue weighted by atomic mass is 10.1. The van der Waals surface area contributed by atoms with Gasteiger partial charge in [-0.25, -0.2) is 0 Å². The average molecular weight is 242 g/mol. The minimum Gasteiger partial charge on any atom is -0.396 e. The van der Waals surface area contributed by atoms with E-state index < -0.39 is 0 Å². The van der Waals surface area contributed by atoms with Crippen molar-refractivity contribution in [3.8, 4) is 0 Å². The number of ether oxygens (including phenoxy) is 1. The molecule has 0 aliphatic carbocycles. The standard InChI is InChI=1S/C12H22N2O3/c15-5-2-10-1-4-14(8-10)12(16)7-11-9-17-6-3-13-11/h10-11,13,15H,1-9H2. The van der Waals surface area contributed by atoms with Crippen LogP contribution >= 0.6 is 0 Å². The minimum atomic E-state index is 0.174. The third kappa shape index (κ3) is 3.66. The van der Waals surface area contributed by atoms with Gasteiger partial charge in [-0.05, 0) is 18.8 Å². The SMILES string of the molecule is O=C(CC1COCCN1)N1CCC(CCO)C1. The lowest BCUT2D eigenvalue weighted by Gasteiger charge is -2.25. The van der Waals surface area contributed by atoms with E-state index in [1.54, 1.807) is 0 Å². The summed E-state index contributed by atoms with van der Waals surface area (Å²) in [6.45, 7) is 4.10. The molecule has 2 heterocycles. The zero-order valence-electron chi connectivity index (χ0n) is 10.2. The largest absolute Gasteiger partial charge is 0.396 e. The van der Waals surface area contributed by atoms with Gasteiger partial charge in [-0.15, -0.1) is 0 Å². The molecule has 98 valence electrons. The Kier molecular flexibility index (Phi) is 4.76. The van der Waals surface area contributed by atoms with Crippen LogP contribution in [0, 0.1) is 5.92 Å². The van der Waals surface area contributed by atoms with E-state index in [4.69, 9.17) is 9.84 Å². The van der Waals surface area contributed by atoms with Crippen LogP contribution in [-0.2, 0) is 9.53 Å². The molecule has 2 fully saturated rings. The predicted octanol–water partition coefficient (Wildman–Crippen LogP) is -0.404. The summed E-state index contributed by atoms with van der Waals surface area (Å²) >= 11 is 0. The highest BCUT2D eigenvalue weighted by molar-refractivity contribution is 5.77. The first kappa shape index (κ1) is 12.8. The van der Waals surface area contributed by atoms with Crippen LogP contribution in [0.2, 0.25) is 0 Å². The van der Waals surface area contributed by atoms with E-state index in [0.717, 1.165) is 39.1 Å². The van der Waals surface area contributed by atoms with Gasteiger partial charge in [0.15, 0.2) is 0 Å². The second-order valence-corrected chi connectivity index (χ2v) is 4.94. The number of morpholine rings is 1. The highest BCUT2D eigenvalue weighted by Gasteiger charge is 2.27. The van der Waals surface area contributed by atoms with Crippen LogP contribution in [0.3, 0.4) is 0 Å². The van der Waals surface area contributed by atoms with Crippen molar-refractivity contribution in [2.24, 2.45) is 5.92 Å². The fourth-order valence-corrected chi connectivity index (χ4v) is 2.57. The zero-order valence-corrected chi connectivity index (χ0v) is 10.2. The summed E-state index contributed by atoms with van der Waals surface area (Å²) in [5.41, 5.74) is 0. The first-order valence-electron chi connectivity index (χ1n) is 6.49. The highest BCUT2D eigenvalue weighted by Crippen LogP contribution is 2.20. The van der Waals surface area contributed by atoms with Crippen LogP contribution in [0.25, 0.3) is 0 Å². The third-order valence-corrected chi connectivity index (χ3v) is 3.60. The number of nitrogens with zero attached hydrogens (tertiary/aromatic N) is 1. The van der Waals surface area contributed by atoms with Crippen LogP contribution in [0.15, 0.2) is 0 Å². The van der Waals surface area contributed by atoms with Crippen molar-refractivity contribution in [2.45, 2.75) is 25.3 Å². The molecule has 2 aliphatic rings. The molecule has 2 atom stereocenters. The molecule has 5 heteroatoms. The van der Waals surface area contributed by atoms with Gasteiger partial charge in [-0.3, -0.25) is 4.79 Å². The van der Waals surface area contributed by atoms with Gasteiger partial charge in [0.25, 0.3) is 0 Å². The summed E-state index contributed by atoms with van der Waals surface area (Å²) in [6, 6.07) is 0.174. The topological polar surface area (TPSA) is 61.8 Å². The van der Waals surface area contributed by atoms with Gasteiger partial charge in [0.05, 0.1) is 13.2 Å². The summed E-state index contributed by atoms with van der Waals surface area (Å²) in [5.74, 6) is 0.702. The zero-order chi connectivity index (χ0) is 12.1. The Morgan fingerprint density at radius 1 is 1.53 bits per heavy atom. The van der Waals surface area contributed by atoms with Crippen LogP contribution < -0.4 is 5.32 Å². The second kappa shape index (κ2) is 6.33. The maximum absolute atomic E-state index is 12.0. The van der Waals surface area contributed by atoms with Crippen LogP contribution in [0.5, 0.6) is 0 Å². The molecule has 5 nitrogen and oxygen atoms in total. The Morgan fingerprint density at radius 2 is 2.41 bits per heavy atom. The monoisotopic (exact) mass is 242 g/mol. The molecule has 2 aliphatic heterocycles. The van der Waals surface area contributed by atoms with Crippen molar-refractivity contribution >= 4 is 5.91 Å². The summed E-state index contributed by atoms with van der Waals surface area (Å²) < 4.78 is 5.34. The fourth-order valence-electron chi connectivity index (χ4n) is 2.57. The number of hydrogen-bond acceptors (Lipinski definition) is 4. The predicted molar refractivity (Wildman–Crippen MR) is 63.6 cm³/mol. The highest BCUT2D eigenvalue weighted by atomic mass is 16.5. The molecule has 2 unspecified atom stereocenters. The van der Waals surface area contributed by atoms with Gasteiger partial charge in [0.2, 0.25) is 5.91 Å². The van der Waals surface area contributed by atoms with Gasteiger partial charge in [0, 0.05) is 38.7 Å². The second-order valence-electron chi connectivity index (χ2n) is 4.94. The summed E-state index contributed by atoms with van der Waals surface area (Å²) in [4.78, 5) is 14.0. The molecule has 0 aromatic carbocycles. The van der Waals surface area contributed by atoms with Crippen LogP contribution in [0.1, 0.15) is 19.3 Å². The molecule has 0 radical (unpaired) electrons. The normalized spacial score (nSPS) is 29.6. The summed E-state index contributed by atoms with van der Waals surface area (Å²) in [7, 11) is 0. The molecular formula is C12H22N2O3. The Hall–Kier alpha value is -0.650. The summed E-state index contributed by atoms with van der Waals surface area (Å²) in [5, 5.41) is 12.2. The number of carbonyl (C=O) groups is 1. The van der Waals surface area contributed by atoms with Gasteiger partial charge >= 0.3 is 0 Å². The van der Waals surface area contributed by atoms with E-state index in [0.29, 0.717) is 18.9 Å². The first-order valence-corrected chi connectivity index (χ1v) is 6.49. The maximum atomic E-state index is 12.0. The summed E-state index contributed by atoms with van der Waals surface area (Å²) in [6.07, 6.45) is 2.38. The molecule has 0 aromatic heterocycles. The van der Waals surface area contributed by atoms with Gasteiger partial charge in [-0.1, -0.05) is 0 Å². The van der Waals surface area contributed by atoms with Crippen molar-refractivity contribution in [3.05, 3.63) is 0 Å².